The number of rotatable bonds is 8. The van der Waals surface area contributed by atoms with Crippen LogP contribution in [0.3, 0.4) is 0 Å². The van der Waals surface area contributed by atoms with Crippen LogP contribution in [-0.4, -0.2) is 74.4 Å². The number of likely N-dealkylation sites (tertiary alicyclic amines) is 2. The summed E-state index contributed by atoms with van der Waals surface area (Å²) >= 11 is 1.68. The average molecular weight is 687 g/mol. The number of aromatic nitrogens is 2. The molecular weight excluding hydrogens is 649 g/mol. The van der Waals surface area contributed by atoms with E-state index in [4.69, 9.17) is 14.4 Å². The van der Waals surface area contributed by atoms with Crippen LogP contribution in [-0.2, 0) is 29.2 Å². The van der Waals surface area contributed by atoms with Gasteiger partial charge in [0, 0.05) is 29.1 Å². The predicted octanol–water partition coefficient (Wildman–Crippen LogP) is 6.62. The fourth-order valence-electron chi connectivity index (χ4n) is 7.70. The van der Waals surface area contributed by atoms with Crippen LogP contribution in [0.4, 0.5) is 0 Å². The monoisotopic (exact) mass is 686 g/mol. The Balaban J connectivity index is 1.05. The van der Waals surface area contributed by atoms with Crippen molar-refractivity contribution in [3.05, 3.63) is 81.4 Å². The number of carbonyl (C=O) groups excluding carboxylic acids is 1. The zero-order valence-electron chi connectivity index (χ0n) is 28.2. The van der Waals surface area contributed by atoms with Crippen molar-refractivity contribution in [1.29, 1.82) is 5.26 Å². The Morgan fingerprint density at radius 1 is 0.960 bits per heavy atom. The molecule has 254 valence electrons. The summed E-state index contributed by atoms with van der Waals surface area (Å²) in [7, 11) is 0. The van der Waals surface area contributed by atoms with Gasteiger partial charge in [-0.3, -0.25) is 19.4 Å². The van der Waals surface area contributed by atoms with Crippen LogP contribution in [0.25, 0.3) is 44.3 Å². The number of fused-ring (bicyclic) bond motifs is 2. The molecule has 2 aromatic heterocycles. The molecule has 0 spiro atoms. The van der Waals surface area contributed by atoms with Crippen LogP contribution in [0.15, 0.2) is 52.9 Å². The van der Waals surface area contributed by atoms with Gasteiger partial charge in [0.2, 0.25) is 11.8 Å². The molecule has 2 saturated heterocycles. The highest BCUT2D eigenvalue weighted by Crippen LogP contribution is 2.40. The van der Waals surface area contributed by atoms with Crippen LogP contribution in [0.1, 0.15) is 52.1 Å². The molecule has 0 saturated carbocycles. The highest BCUT2D eigenvalue weighted by Gasteiger charge is 2.30. The molecule has 50 heavy (non-hydrogen) atoms. The molecule has 1 N–H and O–H groups in total. The quantitative estimate of drug-likeness (QED) is 0.192. The summed E-state index contributed by atoms with van der Waals surface area (Å²) in [5, 5.41) is 20.4. The maximum Gasteiger partial charge on any atom is 0.307 e. The fraction of sp³-hybridized carbons (Fsp3) is 0.359. The minimum atomic E-state index is -0.762. The molecule has 3 aliphatic heterocycles. The highest BCUT2D eigenvalue weighted by atomic mass is 32.1. The maximum absolute atomic E-state index is 12.9. The lowest BCUT2D eigenvalue weighted by Crippen LogP contribution is -2.36. The minimum absolute atomic E-state index is 0.188. The van der Waals surface area contributed by atoms with Crippen molar-refractivity contribution in [2.45, 2.75) is 52.7 Å². The Bertz CT molecular complexity index is 2170. The molecule has 3 aromatic carbocycles. The molecule has 5 aromatic rings. The number of nitrogens with zero attached hydrogens (tertiary/aromatic N) is 6. The molecule has 1 amide bonds. The van der Waals surface area contributed by atoms with Crippen molar-refractivity contribution in [1.82, 2.24) is 24.7 Å². The number of carbonyl (C=O) groups is 2. The van der Waals surface area contributed by atoms with Crippen LogP contribution < -0.4 is 0 Å². The third-order valence-corrected chi connectivity index (χ3v) is 11.6. The van der Waals surface area contributed by atoms with E-state index in [2.05, 4.69) is 54.0 Å². The van der Waals surface area contributed by atoms with Gasteiger partial charge in [0.1, 0.15) is 16.6 Å². The van der Waals surface area contributed by atoms with Gasteiger partial charge in [-0.25, -0.2) is 9.97 Å². The molecule has 2 fully saturated rings. The Kier molecular flexibility index (Phi) is 8.47. The van der Waals surface area contributed by atoms with E-state index in [0.29, 0.717) is 68.2 Å². The van der Waals surface area contributed by atoms with Crippen LogP contribution in [0.2, 0.25) is 0 Å². The molecule has 3 aliphatic rings. The number of nitriles is 1. The van der Waals surface area contributed by atoms with Crippen LogP contribution in [0.5, 0.6) is 0 Å². The molecule has 5 heterocycles. The molecule has 8 rings (SSSR count). The average Bonchev–Trinajstić information content (AvgIpc) is 3.94. The molecule has 0 unspecified atom stereocenters. The lowest BCUT2D eigenvalue weighted by atomic mass is 9.91. The van der Waals surface area contributed by atoms with Gasteiger partial charge in [-0.2, -0.15) is 5.26 Å². The Morgan fingerprint density at radius 3 is 2.38 bits per heavy atom. The van der Waals surface area contributed by atoms with Crippen LogP contribution in [0, 0.1) is 31.1 Å². The first kappa shape index (κ1) is 32.3. The number of oxazole rings is 1. The van der Waals surface area contributed by atoms with E-state index in [1.54, 1.807) is 11.3 Å². The van der Waals surface area contributed by atoms with E-state index < -0.39 is 5.97 Å². The van der Waals surface area contributed by atoms with E-state index in [-0.39, 0.29) is 11.8 Å². The molecule has 10 nitrogen and oxygen atoms in total. The molecule has 0 aliphatic carbocycles. The molecule has 1 atom stereocenters. The van der Waals surface area contributed by atoms with Gasteiger partial charge in [-0.05, 0) is 98.8 Å². The van der Waals surface area contributed by atoms with Crippen molar-refractivity contribution in [3.8, 4) is 39.2 Å². The second-order valence-corrected chi connectivity index (χ2v) is 14.8. The van der Waals surface area contributed by atoms with Gasteiger partial charge in [-0.1, -0.05) is 30.3 Å². The van der Waals surface area contributed by atoms with E-state index in [0.717, 1.165) is 62.7 Å². The summed E-state index contributed by atoms with van der Waals surface area (Å²) in [4.78, 5) is 41.7. The second kappa shape index (κ2) is 13.1. The zero-order valence-corrected chi connectivity index (χ0v) is 29.1. The summed E-state index contributed by atoms with van der Waals surface area (Å²) in [6.45, 7) is 9.68. The first-order valence-electron chi connectivity index (χ1n) is 17.2. The number of hydrogen-bond donors (Lipinski definition) is 1. The van der Waals surface area contributed by atoms with Crippen molar-refractivity contribution >= 4 is 34.3 Å². The van der Waals surface area contributed by atoms with E-state index in [9.17, 15) is 20.0 Å². The summed E-state index contributed by atoms with van der Waals surface area (Å²) in [6, 6.07) is 18.5. The molecule has 11 heteroatoms. The predicted molar refractivity (Wildman–Crippen MR) is 191 cm³/mol. The summed E-state index contributed by atoms with van der Waals surface area (Å²) < 4.78 is 6.28. The van der Waals surface area contributed by atoms with Crippen molar-refractivity contribution in [3.63, 3.8) is 0 Å². The number of hydrogen-bond acceptors (Lipinski definition) is 9. The number of thiazole rings is 1. The van der Waals surface area contributed by atoms with Gasteiger partial charge in [0.15, 0.2) is 5.58 Å². The zero-order chi connectivity index (χ0) is 34.5. The third-order valence-electron chi connectivity index (χ3n) is 10.5. The van der Waals surface area contributed by atoms with Gasteiger partial charge >= 0.3 is 5.97 Å². The first-order chi connectivity index (χ1) is 24.2. The largest absolute Gasteiger partial charge is 0.481 e. The second-order valence-electron chi connectivity index (χ2n) is 13.8. The van der Waals surface area contributed by atoms with Gasteiger partial charge in [-0.15, -0.1) is 11.3 Å². The number of amides is 1. The van der Waals surface area contributed by atoms with E-state index in [1.807, 2.05) is 29.2 Å². The van der Waals surface area contributed by atoms with E-state index in [1.165, 1.54) is 17.7 Å². The summed E-state index contributed by atoms with van der Waals surface area (Å²) in [6.07, 6.45) is 2.97. The minimum Gasteiger partial charge on any atom is -0.481 e. The number of benzene rings is 3. The first-order valence-corrected chi connectivity index (χ1v) is 18.0. The Labute approximate surface area is 294 Å². The normalized spacial score (nSPS) is 17.9. The smallest absolute Gasteiger partial charge is 0.307 e. The van der Waals surface area contributed by atoms with Crippen LogP contribution >= 0.6 is 11.3 Å². The fourth-order valence-corrected chi connectivity index (χ4v) is 8.87. The molecule has 0 bridgehead atoms. The van der Waals surface area contributed by atoms with Gasteiger partial charge < -0.3 is 14.4 Å². The van der Waals surface area contributed by atoms with Crippen molar-refractivity contribution in [2.24, 2.45) is 5.92 Å². The van der Waals surface area contributed by atoms with Gasteiger partial charge in [0.05, 0.1) is 36.8 Å². The summed E-state index contributed by atoms with van der Waals surface area (Å²) in [5.74, 6) is -0.481. The van der Waals surface area contributed by atoms with Crippen molar-refractivity contribution in [2.75, 3.05) is 32.7 Å². The van der Waals surface area contributed by atoms with Crippen molar-refractivity contribution < 1.29 is 19.1 Å². The highest BCUT2D eigenvalue weighted by molar-refractivity contribution is 7.15. The lowest BCUT2D eigenvalue weighted by Gasteiger charge is -2.20. The maximum atomic E-state index is 12.9. The molecule has 0 radical (unpaired) electrons. The number of aliphatic carboxylic acids is 1. The Morgan fingerprint density at radius 2 is 1.68 bits per heavy atom. The third kappa shape index (κ3) is 5.98. The Hall–Kier alpha value is -4.89. The number of carboxylic acids is 1. The lowest BCUT2D eigenvalue weighted by molar-refractivity contribution is -0.141. The number of carboxylic acid groups (broad SMARTS) is 1. The SMILES string of the molecule is Cc1c(-c2nc3cc(CN4CC[C@@H](C(=O)O)C4)cc(C#N)c3o2)cccc1-c1cccc(-c2nc3c(s2)CN(C(=O)CN2CCCC2)C3)c1C. The van der Waals surface area contributed by atoms with Gasteiger partial charge in [0.25, 0.3) is 0 Å². The summed E-state index contributed by atoms with van der Waals surface area (Å²) in [5.41, 5.74) is 9.63. The topological polar surface area (TPSA) is 127 Å². The van der Waals surface area contributed by atoms with E-state index >= 15 is 0 Å². The molecular formula is C39H38N6O4S. The standard InChI is InChI=1S/C39H38N6O4S/c1-23-28(29-8-6-10-31(24(29)2)38-42-33-20-45(21-34(33)50-38)35(46)22-43-12-3-4-13-43)7-5-9-30(23)37-41-32-16-25(15-27(17-40)36(32)49-37)18-44-14-11-26(19-44)39(47)48/h5-10,15-16,26H,3-4,11-14,18-22H2,1-2H3,(H,47,48)/t26-/m1/s1.